The number of hydrogen-bond acceptors (Lipinski definition) is 5. The molecule has 1 aliphatic carbocycles. The molecule has 4 rings (SSSR count). The molecule has 0 spiro atoms. The highest BCUT2D eigenvalue weighted by Crippen LogP contribution is 2.40. The Labute approximate surface area is 172 Å². The summed E-state index contributed by atoms with van der Waals surface area (Å²) in [4.78, 5) is 28.0. The third-order valence-electron chi connectivity index (χ3n) is 4.38. The molecule has 0 bridgehead atoms. The summed E-state index contributed by atoms with van der Waals surface area (Å²) >= 11 is 1.32. The second-order valence-corrected chi connectivity index (χ2v) is 7.81. The van der Waals surface area contributed by atoms with E-state index in [9.17, 15) is 9.59 Å². The zero-order valence-corrected chi connectivity index (χ0v) is 16.8. The molecular weight excluding hydrogens is 386 g/mol. The second kappa shape index (κ2) is 8.48. The third kappa shape index (κ3) is 5.03. The Morgan fingerprint density at radius 1 is 1.03 bits per heavy atom. The zero-order chi connectivity index (χ0) is 20.2. The van der Waals surface area contributed by atoms with E-state index in [-0.39, 0.29) is 17.6 Å². The molecule has 148 valence electrons. The molecule has 3 aromatic rings. The molecule has 2 amide bonds. The molecule has 0 unspecified atom stereocenters. The van der Waals surface area contributed by atoms with Gasteiger partial charge in [-0.25, -0.2) is 9.67 Å². The van der Waals surface area contributed by atoms with E-state index in [4.69, 9.17) is 0 Å². The van der Waals surface area contributed by atoms with Crippen LogP contribution in [0, 0.1) is 0 Å². The van der Waals surface area contributed by atoms with E-state index in [0.29, 0.717) is 22.4 Å². The molecular formula is C21H21N5O2S. The lowest BCUT2D eigenvalue weighted by atomic mass is 10.3. The van der Waals surface area contributed by atoms with E-state index < -0.39 is 0 Å². The first-order valence-corrected chi connectivity index (χ1v) is 10.4. The van der Waals surface area contributed by atoms with Crippen LogP contribution in [0.4, 0.5) is 11.4 Å². The lowest BCUT2D eigenvalue weighted by Crippen LogP contribution is -2.14. The SMILES string of the molecule is CC(=O)Nc1ccc(NC(=O)CSc2nc(C3CC3)n(-c3ccccc3)n2)cc1. The third-order valence-corrected chi connectivity index (χ3v) is 5.22. The summed E-state index contributed by atoms with van der Waals surface area (Å²) in [5, 5.41) is 10.8. The summed E-state index contributed by atoms with van der Waals surface area (Å²) in [7, 11) is 0. The van der Waals surface area contributed by atoms with Crippen molar-refractivity contribution < 1.29 is 9.59 Å². The summed E-state index contributed by atoms with van der Waals surface area (Å²) in [5.41, 5.74) is 2.34. The van der Waals surface area contributed by atoms with Crippen molar-refractivity contribution in [3.8, 4) is 5.69 Å². The summed E-state index contributed by atoms with van der Waals surface area (Å²) in [6.07, 6.45) is 2.26. The number of nitrogens with zero attached hydrogens (tertiary/aromatic N) is 3. The fourth-order valence-corrected chi connectivity index (χ4v) is 3.53. The molecule has 1 aromatic heterocycles. The minimum absolute atomic E-state index is 0.133. The van der Waals surface area contributed by atoms with Gasteiger partial charge < -0.3 is 10.6 Å². The monoisotopic (exact) mass is 407 g/mol. The Bertz CT molecular complexity index is 1010. The Kier molecular flexibility index (Phi) is 5.62. The van der Waals surface area contributed by atoms with Gasteiger partial charge in [-0.3, -0.25) is 9.59 Å². The molecule has 0 radical (unpaired) electrons. The lowest BCUT2D eigenvalue weighted by molar-refractivity contribution is -0.114. The largest absolute Gasteiger partial charge is 0.326 e. The number of anilines is 2. The first-order chi connectivity index (χ1) is 14.1. The highest BCUT2D eigenvalue weighted by atomic mass is 32.2. The predicted octanol–water partition coefficient (Wildman–Crippen LogP) is 3.83. The van der Waals surface area contributed by atoms with E-state index in [1.54, 1.807) is 24.3 Å². The van der Waals surface area contributed by atoms with Gasteiger partial charge in [0.15, 0.2) is 0 Å². The summed E-state index contributed by atoms with van der Waals surface area (Å²) in [6.45, 7) is 1.45. The van der Waals surface area contributed by atoms with Gasteiger partial charge in [0.05, 0.1) is 11.4 Å². The van der Waals surface area contributed by atoms with Crippen molar-refractivity contribution in [1.82, 2.24) is 14.8 Å². The normalized spacial score (nSPS) is 13.1. The van der Waals surface area contributed by atoms with E-state index in [0.717, 1.165) is 24.4 Å². The van der Waals surface area contributed by atoms with Gasteiger partial charge in [-0.1, -0.05) is 30.0 Å². The van der Waals surface area contributed by atoms with E-state index >= 15 is 0 Å². The standard InChI is InChI=1S/C21H21N5O2S/c1-14(27)22-16-9-11-17(12-10-16)23-19(28)13-29-21-24-20(15-7-8-15)26(25-21)18-5-3-2-4-6-18/h2-6,9-12,15H,7-8,13H2,1H3,(H,22,27)(H,23,28). The van der Waals surface area contributed by atoms with E-state index in [1.807, 2.05) is 35.0 Å². The maximum absolute atomic E-state index is 12.3. The van der Waals surface area contributed by atoms with Crippen LogP contribution >= 0.6 is 11.8 Å². The molecule has 8 heteroatoms. The summed E-state index contributed by atoms with van der Waals surface area (Å²) in [5.74, 6) is 1.37. The van der Waals surface area contributed by atoms with Gasteiger partial charge in [0.2, 0.25) is 17.0 Å². The van der Waals surface area contributed by atoms with Crippen LogP contribution in [0.2, 0.25) is 0 Å². The molecule has 1 saturated carbocycles. The van der Waals surface area contributed by atoms with Crippen LogP contribution in [0.25, 0.3) is 5.69 Å². The maximum Gasteiger partial charge on any atom is 0.234 e. The first kappa shape index (κ1) is 19.2. The molecule has 7 nitrogen and oxygen atoms in total. The van der Waals surface area contributed by atoms with Crippen LogP contribution in [-0.2, 0) is 9.59 Å². The number of nitrogens with one attached hydrogen (secondary N) is 2. The molecule has 1 heterocycles. The number of para-hydroxylation sites is 1. The van der Waals surface area contributed by atoms with Crippen molar-refractivity contribution in [2.75, 3.05) is 16.4 Å². The highest BCUT2D eigenvalue weighted by Gasteiger charge is 2.30. The highest BCUT2D eigenvalue weighted by molar-refractivity contribution is 7.99. The van der Waals surface area contributed by atoms with Crippen LogP contribution in [0.5, 0.6) is 0 Å². The maximum atomic E-state index is 12.3. The van der Waals surface area contributed by atoms with Crippen molar-refractivity contribution in [3.63, 3.8) is 0 Å². The van der Waals surface area contributed by atoms with Crippen LogP contribution < -0.4 is 10.6 Å². The molecule has 0 aliphatic heterocycles. The topological polar surface area (TPSA) is 88.9 Å². The van der Waals surface area contributed by atoms with Gasteiger partial charge in [-0.2, -0.15) is 0 Å². The quantitative estimate of drug-likeness (QED) is 0.581. The molecule has 0 atom stereocenters. The summed E-state index contributed by atoms with van der Waals surface area (Å²) in [6, 6.07) is 16.9. The zero-order valence-electron chi connectivity index (χ0n) is 16.0. The second-order valence-electron chi connectivity index (χ2n) is 6.87. The Morgan fingerprint density at radius 2 is 1.69 bits per heavy atom. The van der Waals surface area contributed by atoms with Crippen molar-refractivity contribution in [2.45, 2.75) is 30.8 Å². The van der Waals surface area contributed by atoms with Crippen LogP contribution in [0.3, 0.4) is 0 Å². The number of hydrogen-bond donors (Lipinski definition) is 2. The number of thioether (sulfide) groups is 1. The molecule has 1 aliphatic rings. The molecule has 1 fully saturated rings. The predicted molar refractivity (Wildman–Crippen MR) is 113 cm³/mol. The van der Waals surface area contributed by atoms with E-state index in [2.05, 4.69) is 20.7 Å². The van der Waals surface area contributed by atoms with Gasteiger partial charge in [0, 0.05) is 24.2 Å². The Morgan fingerprint density at radius 3 is 2.31 bits per heavy atom. The van der Waals surface area contributed by atoms with Gasteiger partial charge in [-0.05, 0) is 49.2 Å². The number of amides is 2. The summed E-state index contributed by atoms with van der Waals surface area (Å²) < 4.78 is 1.89. The molecule has 2 N–H and O–H groups in total. The molecule has 0 saturated heterocycles. The average Bonchev–Trinajstić information content (AvgIpc) is 3.47. The van der Waals surface area contributed by atoms with Gasteiger partial charge in [-0.15, -0.1) is 5.10 Å². The minimum Gasteiger partial charge on any atom is -0.326 e. The van der Waals surface area contributed by atoms with Crippen LogP contribution in [-0.4, -0.2) is 32.3 Å². The van der Waals surface area contributed by atoms with Crippen molar-refractivity contribution in [3.05, 3.63) is 60.4 Å². The smallest absolute Gasteiger partial charge is 0.234 e. The van der Waals surface area contributed by atoms with Gasteiger partial charge >= 0.3 is 0 Å². The first-order valence-electron chi connectivity index (χ1n) is 9.41. The molecule has 29 heavy (non-hydrogen) atoms. The fraction of sp³-hybridized carbons (Fsp3) is 0.238. The van der Waals surface area contributed by atoms with E-state index in [1.165, 1.54) is 18.7 Å². The van der Waals surface area contributed by atoms with Gasteiger partial charge in [0.25, 0.3) is 0 Å². The average molecular weight is 407 g/mol. The number of rotatable bonds is 7. The van der Waals surface area contributed by atoms with Crippen molar-refractivity contribution >= 4 is 35.0 Å². The fourth-order valence-electron chi connectivity index (χ4n) is 2.90. The minimum atomic E-state index is -0.133. The number of carbonyl (C=O) groups excluding carboxylic acids is 2. The Hall–Kier alpha value is -3.13. The number of carbonyl (C=O) groups is 2. The number of benzene rings is 2. The molecule has 2 aromatic carbocycles. The lowest BCUT2D eigenvalue weighted by Gasteiger charge is -2.06. The van der Waals surface area contributed by atoms with Crippen LogP contribution in [0.15, 0.2) is 59.8 Å². The number of aromatic nitrogens is 3. The van der Waals surface area contributed by atoms with Crippen LogP contribution in [0.1, 0.15) is 31.5 Å². The Balaban J connectivity index is 1.37. The van der Waals surface area contributed by atoms with Crippen molar-refractivity contribution in [2.24, 2.45) is 0 Å². The van der Waals surface area contributed by atoms with Gasteiger partial charge in [0.1, 0.15) is 5.82 Å². The van der Waals surface area contributed by atoms with Crippen molar-refractivity contribution in [1.29, 1.82) is 0 Å².